The molecule has 1 heterocycles. The number of ether oxygens (including phenoxy) is 1. The Labute approximate surface area is 106 Å². The molecule has 1 rings (SSSR count). The Morgan fingerprint density at radius 2 is 2.00 bits per heavy atom. The molecule has 0 atom stereocenters. The highest BCUT2D eigenvalue weighted by atomic mass is 32.2. The van der Waals surface area contributed by atoms with Crippen LogP contribution in [0.3, 0.4) is 0 Å². The van der Waals surface area contributed by atoms with E-state index in [1.807, 2.05) is 19.0 Å². The van der Waals surface area contributed by atoms with Gasteiger partial charge in [-0.25, -0.2) is 0 Å². The van der Waals surface area contributed by atoms with Crippen molar-refractivity contribution in [3.63, 3.8) is 0 Å². The van der Waals surface area contributed by atoms with Crippen LogP contribution in [0.25, 0.3) is 0 Å². The molecule has 0 unspecified atom stereocenters. The van der Waals surface area contributed by atoms with Crippen molar-refractivity contribution in [3.05, 3.63) is 24.5 Å². The highest BCUT2D eigenvalue weighted by Gasteiger charge is 2.20. The third-order valence-corrected chi connectivity index (χ3v) is 3.18. The van der Waals surface area contributed by atoms with Gasteiger partial charge in [-0.1, -0.05) is 15.3 Å². The molecule has 0 aliphatic carbocycles. The maximum Gasteiger partial charge on any atom is 0.493 e. The highest BCUT2D eigenvalue weighted by Crippen LogP contribution is 2.06. The van der Waals surface area contributed by atoms with Gasteiger partial charge in [0, 0.05) is 31.9 Å². The number of aromatic nitrogens is 1. The first-order valence-corrected chi connectivity index (χ1v) is 6.60. The Bertz CT molecular complexity index is 523. The summed E-state index contributed by atoms with van der Waals surface area (Å²) in [7, 11) is -0.415. The van der Waals surface area contributed by atoms with Crippen molar-refractivity contribution >= 4 is 22.0 Å². The summed E-state index contributed by atoms with van der Waals surface area (Å²) in [6, 6.07) is 3.19. The van der Waals surface area contributed by atoms with E-state index in [0.29, 0.717) is 0 Å². The SMILES string of the molecule is CCO/C([O-])=N/S(=O)(=O)[n+]1ccc(N(C)C)cc1. The minimum Gasteiger partial charge on any atom is -0.600 e. The van der Waals surface area contributed by atoms with Crippen molar-refractivity contribution in [2.24, 2.45) is 4.40 Å². The number of nitrogens with zero attached hydrogens (tertiary/aromatic N) is 3. The zero-order valence-electron chi connectivity index (χ0n) is 10.4. The summed E-state index contributed by atoms with van der Waals surface area (Å²) < 4.78 is 31.7. The molecule has 1 aromatic heterocycles. The summed E-state index contributed by atoms with van der Waals surface area (Å²) >= 11 is 0. The summed E-state index contributed by atoms with van der Waals surface area (Å²) in [6.07, 6.45) is 1.50. The Hall–Kier alpha value is -1.83. The number of rotatable bonds is 4. The molecule has 7 nitrogen and oxygen atoms in total. The summed E-state index contributed by atoms with van der Waals surface area (Å²) in [5.41, 5.74) is 0.831. The monoisotopic (exact) mass is 273 g/mol. The topological polar surface area (TPSA) is 85.9 Å². The summed E-state index contributed by atoms with van der Waals surface area (Å²) in [4.78, 5) is 1.82. The van der Waals surface area contributed by atoms with Crippen molar-refractivity contribution < 1.29 is 22.2 Å². The van der Waals surface area contributed by atoms with Gasteiger partial charge in [-0.15, -0.1) is 8.42 Å². The lowest BCUT2D eigenvalue weighted by molar-refractivity contribution is -0.511. The van der Waals surface area contributed by atoms with Crippen LogP contribution in [0.5, 0.6) is 0 Å². The van der Waals surface area contributed by atoms with Gasteiger partial charge in [0.25, 0.3) is 0 Å². The van der Waals surface area contributed by atoms with E-state index in [1.54, 1.807) is 19.1 Å². The number of hydrogen-bond acceptors (Lipinski definition) is 5. The summed E-state index contributed by atoms with van der Waals surface area (Å²) in [5.74, 6) is 0. The van der Waals surface area contributed by atoms with Crippen LogP contribution in [0.15, 0.2) is 28.9 Å². The maximum atomic E-state index is 11.7. The molecule has 0 spiro atoms. The normalized spacial score (nSPS) is 12.3. The van der Waals surface area contributed by atoms with Gasteiger partial charge >= 0.3 is 10.2 Å². The van der Waals surface area contributed by atoms with Gasteiger partial charge in [0.05, 0.1) is 0 Å². The molecule has 18 heavy (non-hydrogen) atoms. The fourth-order valence-electron chi connectivity index (χ4n) is 1.15. The zero-order chi connectivity index (χ0) is 13.8. The highest BCUT2D eigenvalue weighted by molar-refractivity contribution is 7.83. The molecule has 0 aliphatic heterocycles. The average Bonchev–Trinajstić information content (AvgIpc) is 2.28. The fourth-order valence-corrected chi connectivity index (χ4v) is 1.91. The lowest BCUT2D eigenvalue weighted by atomic mass is 10.4. The largest absolute Gasteiger partial charge is 0.600 e. The Morgan fingerprint density at radius 1 is 1.44 bits per heavy atom. The Morgan fingerprint density at radius 3 is 2.44 bits per heavy atom. The van der Waals surface area contributed by atoms with Gasteiger partial charge in [0.1, 0.15) is 0 Å². The molecule has 0 amide bonds. The maximum absolute atomic E-state index is 11.7. The van der Waals surface area contributed by atoms with Crippen LogP contribution in [0.1, 0.15) is 6.92 Å². The predicted molar refractivity (Wildman–Crippen MR) is 64.3 cm³/mol. The van der Waals surface area contributed by atoms with Crippen molar-refractivity contribution in [2.75, 3.05) is 25.6 Å². The van der Waals surface area contributed by atoms with Crippen LogP contribution >= 0.6 is 0 Å². The van der Waals surface area contributed by atoms with Gasteiger partial charge in [-0.05, 0) is 6.61 Å². The lowest BCUT2D eigenvalue weighted by Crippen LogP contribution is -2.42. The first-order chi connectivity index (χ1) is 8.36. The van der Waals surface area contributed by atoms with E-state index in [1.165, 1.54) is 12.4 Å². The second-order valence-electron chi connectivity index (χ2n) is 3.55. The van der Waals surface area contributed by atoms with Crippen LogP contribution < -0.4 is 14.0 Å². The van der Waals surface area contributed by atoms with Gasteiger partial charge in [0.15, 0.2) is 18.5 Å². The quantitative estimate of drug-likeness (QED) is 0.394. The van der Waals surface area contributed by atoms with E-state index in [2.05, 4.69) is 9.13 Å². The number of anilines is 1. The van der Waals surface area contributed by atoms with Crippen LogP contribution in [0.2, 0.25) is 0 Å². The van der Waals surface area contributed by atoms with Crippen molar-refractivity contribution in [3.8, 4) is 0 Å². The molecule has 0 bridgehead atoms. The molecular weight excluding hydrogens is 258 g/mol. The van der Waals surface area contributed by atoms with Gasteiger partial charge in [-0.3, -0.25) is 0 Å². The third kappa shape index (κ3) is 3.59. The molecule has 8 heteroatoms. The third-order valence-electron chi connectivity index (χ3n) is 2.02. The van der Waals surface area contributed by atoms with E-state index in [-0.39, 0.29) is 6.61 Å². The molecule has 0 radical (unpaired) electrons. The van der Waals surface area contributed by atoms with Crippen LogP contribution in [-0.4, -0.2) is 35.2 Å². The molecule has 100 valence electrons. The fraction of sp³-hybridized carbons (Fsp3) is 0.400. The molecule has 0 fully saturated rings. The average molecular weight is 273 g/mol. The molecule has 0 saturated heterocycles. The summed E-state index contributed by atoms with van der Waals surface area (Å²) in [6.45, 7) is 1.64. The molecule has 0 aliphatic rings. The Kier molecular flexibility index (Phi) is 4.49. The van der Waals surface area contributed by atoms with E-state index in [0.717, 1.165) is 9.66 Å². The first-order valence-electron chi connectivity index (χ1n) is 5.20. The second-order valence-corrected chi connectivity index (χ2v) is 5.05. The minimum atomic E-state index is -4.08. The standard InChI is InChI=1S/C10H15N3O4S/c1-4-17-10(14)11-18(15,16)13-7-5-9(6-8-13)12(2)3/h5-8H,4H2,1-3H3. The van der Waals surface area contributed by atoms with Gasteiger partial charge < -0.3 is 14.7 Å². The number of hydrogen-bond donors (Lipinski definition) is 0. The molecule has 0 aromatic carbocycles. The predicted octanol–water partition coefficient (Wildman–Crippen LogP) is -1.11. The molecule has 1 aromatic rings. The number of pyridine rings is 1. The van der Waals surface area contributed by atoms with Crippen molar-refractivity contribution in [2.45, 2.75) is 6.92 Å². The first kappa shape index (κ1) is 14.2. The second kappa shape index (κ2) is 5.67. The molecule has 0 saturated carbocycles. The van der Waals surface area contributed by atoms with Crippen LogP contribution in [0, 0.1) is 0 Å². The van der Waals surface area contributed by atoms with E-state index in [9.17, 15) is 13.5 Å². The van der Waals surface area contributed by atoms with Gasteiger partial charge in [0.2, 0.25) is 0 Å². The minimum absolute atomic E-state index is 0.0715. The van der Waals surface area contributed by atoms with Crippen LogP contribution in [0.4, 0.5) is 5.69 Å². The lowest BCUT2D eigenvalue weighted by Gasteiger charge is -2.10. The summed E-state index contributed by atoms with van der Waals surface area (Å²) in [5, 5.41) is 11.0. The van der Waals surface area contributed by atoms with Gasteiger partial charge in [-0.2, -0.15) is 0 Å². The van der Waals surface area contributed by atoms with E-state index >= 15 is 0 Å². The van der Waals surface area contributed by atoms with Crippen LogP contribution in [-0.2, 0) is 14.9 Å². The van der Waals surface area contributed by atoms with Crippen molar-refractivity contribution in [1.82, 2.24) is 0 Å². The van der Waals surface area contributed by atoms with E-state index < -0.39 is 16.3 Å². The van der Waals surface area contributed by atoms with Crippen molar-refractivity contribution in [1.29, 1.82) is 0 Å². The van der Waals surface area contributed by atoms with E-state index in [4.69, 9.17) is 0 Å². The molecular formula is C10H15N3O4S. The Balaban J connectivity index is 3.02. The smallest absolute Gasteiger partial charge is 0.493 e. The zero-order valence-corrected chi connectivity index (χ0v) is 11.2. The molecule has 0 N–H and O–H groups in total.